The number of carbonyl (C=O) groups is 1. The third-order valence-electron chi connectivity index (χ3n) is 6.02. The number of esters is 1. The first-order valence-corrected chi connectivity index (χ1v) is 12.2. The van der Waals surface area contributed by atoms with Gasteiger partial charge < -0.3 is 14.5 Å². The number of hydrogen-bond donors (Lipinski definition) is 1. The Bertz CT molecular complexity index is 1730. The quantitative estimate of drug-likeness (QED) is 0.274. The molecule has 12 heteroatoms. The molecule has 1 N–H and O–H groups in total. The van der Waals surface area contributed by atoms with Crippen molar-refractivity contribution < 1.29 is 27.4 Å². The molecule has 0 spiro atoms. The number of benzene rings is 2. The Labute approximate surface area is 225 Å². The lowest BCUT2D eigenvalue weighted by Gasteiger charge is -2.22. The Morgan fingerprint density at radius 1 is 1.02 bits per heavy atom. The van der Waals surface area contributed by atoms with Crippen LogP contribution in [0.25, 0.3) is 28.3 Å². The van der Waals surface area contributed by atoms with Crippen LogP contribution in [0.4, 0.5) is 13.2 Å². The largest absolute Gasteiger partial charge is 0.476 e. The molecule has 0 aliphatic heterocycles. The number of ether oxygens (including phenoxy) is 2. The van der Waals surface area contributed by atoms with Crippen LogP contribution < -0.4 is 10.3 Å². The molecule has 2 aromatic carbocycles. The molecule has 0 bridgehead atoms. The van der Waals surface area contributed by atoms with Gasteiger partial charge in [0.25, 0.3) is 5.56 Å². The zero-order chi connectivity index (χ0) is 28.4. The number of hydrogen-bond acceptors (Lipinski definition) is 7. The summed E-state index contributed by atoms with van der Waals surface area (Å²) in [6.07, 6.45) is -3.86. The highest BCUT2D eigenvalue weighted by molar-refractivity contribution is 6.02. The molecule has 204 valence electrons. The number of aromatic amines is 1. The van der Waals surface area contributed by atoms with E-state index in [1.807, 2.05) is 0 Å². The Balaban J connectivity index is 1.55. The zero-order valence-electron chi connectivity index (χ0n) is 21.3. The summed E-state index contributed by atoms with van der Waals surface area (Å²) < 4.78 is 52.7. The van der Waals surface area contributed by atoms with E-state index in [1.54, 1.807) is 19.9 Å². The van der Waals surface area contributed by atoms with Gasteiger partial charge in [-0.15, -0.1) is 0 Å². The van der Waals surface area contributed by atoms with Crippen LogP contribution in [0.15, 0.2) is 77.9 Å². The van der Waals surface area contributed by atoms with E-state index >= 15 is 0 Å². The van der Waals surface area contributed by atoms with E-state index in [1.165, 1.54) is 67.0 Å². The van der Waals surface area contributed by atoms with Gasteiger partial charge in [0, 0.05) is 24.0 Å². The molecule has 3 heterocycles. The molecule has 0 amide bonds. The SMILES string of the molecule is CCOC(=O)c1c(-c2nccnc2C)nn2c(=O)cc(-c3ccc(O[C@H](c4ccccc4)C(F)(F)F)cc3)[nH]c12. The first kappa shape index (κ1) is 26.6. The van der Waals surface area contributed by atoms with E-state index in [0.717, 1.165) is 4.52 Å². The number of fused-ring (bicyclic) bond motifs is 1. The number of rotatable bonds is 7. The van der Waals surface area contributed by atoms with Crippen molar-refractivity contribution in [3.05, 3.63) is 100 Å². The monoisotopic (exact) mass is 549 g/mol. The Kier molecular flexibility index (Phi) is 7.07. The highest BCUT2D eigenvalue weighted by Gasteiger charge is 2.43. The summed E-state index contributed by atoms with van der Waals surface area (Å²) in [5.41, 5.74) is 1.17. The molecule has 0 aliphatic carbocycles. The van der Waals surface area contributed by atoms with Gasteiger partial charge in [0.15, 0.2) is 5.65 Å². The van der Waals surface area contributed by atoms with Crippen LogP contribution in [0, 0.1) is 6.92 Å². The molecule has 5 aromatic rings. The fourth-order valence-corrected chi connectivity index (χ4v) is 4.20. The highest BCUT2D eigenvalue weighted by atomic mass is 19.4. The second-order valence-corrected chi connectivity index (χ2v) is 8.69. The van der Waals surface area contributed by atoms with Crippen molar-refractivity contribution in [2.75, 3.05) is 6.61 Å². The van der Waals surface area contributed by atoms with Crippen LogP contribution in [0.1, 0.15) is 34.6 Å². The van der Waals surface area contributed by atoms with Gasteiger partial charge in [-0.2, -0.15) is 22.8 Å². The van der Waals surface area contributed by atoms with Crippen molar-refractivity contribution in [2.45, 2.75) is 26.1 Å². The van der Waals surface area contributed by atoms with E-state index < -0.39 is 23.8 Å². The topological polar surface area (TPSA) is 111 Å². The minimum Gasteiger partial charge on any atom is -0.476 e. The predicted molar refractivity (Wildman–Crippen MR) is 139 cm³/mol. The highest BCUT2D eigenvalue weighted by Crippen LogP contribution is 2.37. The molecular formula is C28H22F3N5O4. The van der Waals surface area contributed by atoms with Crippen LogP contribution >= 0.6 is 0 Å². The predicted octanol–water partition coefficient (Wildman–Crippen LogP) is 5.31. The zero-order valence-corrected chi connectivity index (χ0v) is 21.3. The number of H-pyrrole nitrogens is 1. The van der Waals surface area contributed by atoms with E-state index in [4.69, 9.17) is 9.47 Å². The summed E-state index contributed by atoms with van der Waals surface area (Å²) in [7, 11) is 0. The van der Waals surface area contributed by atoms with Crippen molar-refractivity contribution in [3.8, 4) is 28.4 Å². The first-order valence-electron chi connectivity index (χ1n) is 12.2. The molecule has 0 radical (unpaired) electrons. The molecular weight excluding hydrogens is 527 g/mol. The van der Waals surface area contributed by atoms with Crippen LogP contribution in [-0.4, -0.2) is 43.3 Å². The van der Waals surface area contributed by atoms with E-state index in [-0.39, 0.29) is 34.8 Å². The van der Waals surface area contributed by atoms with E-state index in [2.05, 4.69) is 20.1 Å². The number of nitrogens with zero attached hydrogens (tertiary/aromatic N) is 4. The van der Waals surface area contributed by atoms with E-state index in [9.17, 15) is 22.8 Å². The number of alkyl halides is 3. The number of halogens is 3. The molecule has 0 aliphatic rings. The molecule has 1 atom stereocenters. The summed E-state index contributed by atoms with van der Waals surface area (Å²) in [6, 6.07) is 14.3. The number of nitrogens with one attached hydrogen (secondary N) is 1. The summed E-state index contributed by atoms with van der Waals surface area (Å²) in [5.74, 6) is -0.733. The molecule has 0 saturated carbocycles. The second kappa shape index (κ2) is 10.6. The minimum atomic E-state index is -4.64. The van der Waals surface area contributed by atoms with Gasteiger partial charge in [0.05, 0.1) is 18.0 Å². The maximum atomic E-state index is 13.7. The lowest BCUT2D eigenvalue weighted by atomic mass is 10.1. The van der Waals surface area contributed by atoms with Gasteiger partial charge in [0.1, 0.15) is 22.7 Å². The third kappa shape index (κ3) is 5.15. The standard InChI is InChI=1S/C28H22F3N5O4/c1-3-39-27(38)22-24(23-16(2)32-13-14-33-23)35-36-21(37)15-20(34-26(22)36)17-9-11-19(12-10-17)40-25(28(29,30)31)18-7-5-4-6-8-18/h4-15,25,34H,3H2,1-2H3/t25-/m1/s1. The van der Waals surface area contributed by atoms with Crippen molar-refractivity contribution in [2.24, 2.45) is 0 Å². The maximum Gasteiger partial charge on any atom is 0.429 e. The summed E-state index contributed by atoms with van der Waals surface area (Å²) >= 11 is 0. The second-order valence-electron chi connectivity index (χ2n) is 8.69. The molecule has 40 heavy (non-hydrogen) atoms. The smallest absolute Gasteiger partial charge is 0.429 e. The van der Waals surface area contributed by atoms with Gasteiger partial charge in [-0.1, -0.05) is 30.3 Å². The van der Waals surface area contributed by atoms with Crippen LogP contribution in [0.5, 0.6) is 5.75 Å². The average Bonchev–Trinajstić information content (AvgIpc) is 3.32. The number of carbonyl (C=O) groups excluding carboxylic acids is 1. The average molecular weight is 550 g/mol. The van der Waals surface area contributed by atoms with E-state index in [0.29, 0.717) is 22.6 Å². The molecule has 0 saturated heterocycles. The fraction of sp³-hybridized carbons (Fsp3) is 0.179. The van der Waals surface area contributed by atoms with Gasteiger partial charge in [0.2, 0.25) is 6.10 Å². The first-order chi connectivity index (χ1) is 19.2. The van der Waals surface area contributed by atoms with Gasteiger partial charge in [-0.3, -0.25) is 14.8 Å². The third-order valence-corrected chi connectivity index (χ3v) is 6.02. The Morgan fingerprint density at radius 2 is 1.73 bits per heavy atom. The van der Waals surface area contributed by atoms with Crippen molar-refractivity contribution >= 4 is 11.6 Å². The number of aryl methyl sites for hydroxylation is 1. The Morgan fingerprint density at radius 3 is 2.38 bits per heavy atom. The minimum absolute atomic E-state index is 0.000216. The summed E-state index contributed by atoms with van der Waals surface area (Å²) in [4.78, 5) is 37.5. The molecule has 9 nitrogen and oxygen atoms in total. The molecule has 3 aromatic heterocycles. The van der Waals surface area contributed by atoms with Gasteiger partial charge >= 0.3 is 12.1 Å². The van der Waals surface area contributed by atoms with Crippen LogP contribution in [0.2, 0.25) is 0 Å². The maximum absolute atomic E-state index is 13.7. The van der Waals surface area contributed by atoms with Crippen molar-refractivity contribution in [1.82, 2.24) is 24.6 Å². The molecule has 0 fully saturated rings. The number of aromatic nitrogens is 5. The van der Waals surface area contributed by atoms with Crippen molar-refractivity contribution in [3.63, 3.8) is 0 Å². The van der Waals surface area contributed by atoms with Crippen LogP contribution in [-0.2, 0) is 4.74 Å². The lowest BCUT2D eigenvalue weighted by molar-refractivity contribution is -0.198. The molecule has 5 rings (SSSR count). The summed E-state index contributed by atoms with van der Waals surface area (Å²) in [6.45, 7) is 3.43. The molecule has 0 unspecified atom stereocenters. The van der Waals surface area contributed by atoms with Gasteiger partial charge in [-0.05, 0) is 43.7 Å². The van der Waals surface area contributed by atoms with Crippen molar-refractivity contribution in [1.29, 1.82) is 0 Å². The normalized spacial score (nSPS) is 12.3. The summed E-state index contributed by atoms with van der Waals surface area (Å²) in [5, 5.41) is 4.32. The van der Waals surface area contributed by atoms with Crippen LogP contribution in [0.3, 0.4) is 0 Å². The Hall–Kier alpha value is -5.00. The lowest BCUT2D eigenvalue weighted by Crippen LogP contribution is -2.26. The fourth-order valence-electron chi connectivity index (χ4n) is 4.20. The van der Waals surface area contributed by atoms with Gasteiger partial charge in [-0.25, -0.2) is 4.79 Å².